The Morgan fingerprint density at radius 2 is 0.926 bits per heavy atom. The molecule has 1 amide bonds. The van der Waals surface area contributed by atoms with Crippen LogP contribution in [-0.2, 0) is 14.3 Å². The van der Waals surface area contributed by atoms with E-state index < -0.39 is 49.5 Å². The second kappa shape index (κ2) is 48.0. The van der Waals surface area contributed by atoms with Crippen molar-refractivity contribution in [1.82, 2.24) is 5.32 Å². The van der Waals surface area contributed by atoms with Crippen LogP contribution in [-0.4, -0.2) is 87.5 Å². The summed E-state index contributed by atoms with van der Waals surface area (Å²) in [6.45, 7) is 3.65. The molecule has 0 aromatic carbocycles. The summed E-state index contributed by atoms with van der Waals surface area (Å²) >= 11 is 0. The first-order valence-corrected chi connectivity index (χ1v) is 27.8. The lowest BCUT2D eigenvalue weighted by Gasteiger charge is -2.40. The Morgan fingerprint density at radius 3 is 1.41 bits per heavy atom. The molecule has 0 saturated carbocycles. The zero-order chi connectivity index (χ0) is 49.4. The molecule has 392 valence electrons. The highest BCUT2D eigenvalue weighted by Crippen LogP contribution is 2.23. The number of amides is 1. The third kappa shape index (κ3) is 37.2. The molecule has 0 bridgehead atoms. The molecule has 7 atom stereocenters. The van der Waals surface area contributed by atoms with Gasteiger partial charge in [-0.25, -0.2) is 0 Å². The van der Waals surface area contributed by atoms with Crippen molar-refractivity contribution in [3.05, 3.63) is 85.1 Å². The van der Waals surface area contributed by atoms with Gasteiger partial charge >= 0.3 is 0 Å². The van der Waals surface area contributed by atoms with Crippen molar-refractivity contribution < 1.29 is 39.8 Å². The van der Waals surface area contributed by atoms with E-state index >= 15 is 0 Å². The number of unbranched alkanes of at least 4 members (excludes halogenated alkanes) is 24. The SMILES string of the molecule is CC/C=C\C/C=C\C/C=C\C/C=C\CCCCCCCCCCCCC(=O)NC(COC1OC(CO)C(O)C(O)C1O)C(O)/C=C/CC/C=C/CC/C=C/CCCCCCCCCCCCCC. The van der Waals surface area contributed by atoms with Crippen LogP contribution >= 0.6 is 0 Å². The minimum absolute atomic E-state index is 0.198. The highest BCUT2D eigenvalue weighted by molar-refractivity contribution is 5.76. The molecule has 1 heterocycles. The first kappa shape index (κ1) is 63.4. The largest absolute Gasteiger partial charge is 0.394 e. The predicted molar refractivity (Wildman–Crippen MR) is 285 cm³/mol. The topological polar surface area (TPSA) is 149 Å². The van der Waals surface area contributed by atoms with Gasteiger partial charge in [0.2, 0.25) is 5.91 Å². The van der Waals surface area contributed by atoms with Crippen molar-refractivity contribution in [2.24, 2.45) is 0 Å². The number of hydrogen-bond donors (Lipinski definition) is 6. The zero-order valence-corrected chi connectivity index (χ0v) is 43.3. The van der Waals surface area contributed by atoms with Crippen LogP contribution in [0, 0.1) is 0 Å². The Bertz CT molecular complexity index is 1340. The van der Waals surface area contributed by atoms with Gasteiger partial charge < -0.3 is 40.3 Å². The Balaban J connectivity index is 2.30. The van der Waals surface area contributed by atoms with Crippen LogP contribution in [0.15, 0.2) is 85.1 Å². The number of carbonyl (C=O) groups excluding carboxylic acids is 1. The molecule has 1 aliphatic heterocycles. The molecule has 6 N–H and O–H groups in total. The summed E-state index contributed by atoms with van der Waals surface area (Å²) in [6.07, 6.45) is 60.7. The quantitative estimate of drug-likeness (QED) is 0.0261. The lowest BCUT2D eigenvalue weighted by atomic mass is 9.99. The van der Waals surface area contributed by atoms with E-state index in [9.17, 15) is 30.3 Å². The Labute approximate surface area is 416 Å². The molecule has 1 rings (SSSR count). The highest BCUT2D eigenvalue weighted by Gasteiger charge is 2.44. The molecule has 0 spiro atoms. The van der Waals surface area contributed by atoms with Crippen LogP contribution in [0.4, 0.5) is 0 Å². The number of allylic oxidation sites excluding steroid dienone is 13. The fourth-order valence-corrected chi connectivity index (χ4v) is 8.30. The molecule has 0 aliphatic carbocycles. The molecular weight excluding hydrogens is 851 g/mol. The standard InChI is InChI=1S/C59H103NO8/c1-3-5-7-9-11-13-15-17-19-21-23-25-27-29-31-33-35-37-39-41-43-45-47-49-55(63)60-52(51-67-59-58(66)57(65)56(64)54(50-61)68-59)53(62)48-46-44-42-40-38-36-34-32-30-28-26-24-22-20-18-16-14-12-10-8-6-4-2/h5,7,11,13,17,19,23,25,30,32,38,40,46,48,52-54,56-59,61-62,64-66H,3-4,6,8-10,12,14-16,18,20-22,24,26-29,31,33-37,39,41-45,47,49-51H2,1-2H3,(H,60,63)/b7-5-,13-11-,19-17-,25-23-,32-30+,40-38+,48-46+. The molecule has 1 saturated heterocycles. The lowest BCUT2D eigenvalue weighted by Crippen LogP contribution is -2.60. The van der Waals surface area contributed by atoms with Crippen molar-refractivity contribution >= 4 is 5.91 Å². The van der Waals surface area contributed by atoms with Gasteiger partial charge in [0.15, 0.2) is 6.29 Å². The van der Waals surface area contributed by atoms with E-state index in [-0.39, 0.29) is 12.5 Å². The maximum Gasteiger partial charge on any atom is 0.220 e. The van der Waals surface area contributed by atoms with Gasteiger partial charge in [-0.15, -0.1) is 0 Å². The fourth-order valence-electron chi connectivity index (χ4n) is 8.30. The minimum atomic E-state index is -1.58. The first-order chi connectivity index (χ1) is 33.3. The lowest BCUT2D eigenvalue weighted by molar-refractivity contribution is -0.302. The van der Waals surface area contributed by atoms with Crippen LogP contribution < -0.4 is 5.32 Å². The Kier molecular flexibility index (Phi) is 44.8. The summed E-state index contributed by atoms with van der Waals surface area (Å²) in [6, 6.07) is -0.836. The van der Waals surface area contributed by atoms with Gasteiger partial charge in [0.05, 0.1) is 25.4 Å². The second-order valence-corrected chi connectivity index (χ2v) is 19.0. The van der Waals surface area contributed by atoms with E-state index in [4.69, 9.17) is 9.47 Å². The molecule has 68 heavy (non-hydrogen) atoms. The molecule has 0 radical (unpaired) electrons. The molecule has 0 aromatic rings. The zero-order valence-electron chi connectivity index (χ0n) is 43.3. The Hall–Kier alpha value is -2.63. The van der Waals surface area contributed by atoms with E-state index in [1.54, 1.807) is 6.08 Å². The van der Waals surface area contributed by atoms with E-state index in [2.05, 4.69) is 92.1 Å². The van der Waals surface area contributed by atoms with Crippen LogP contribution in [0.5, 0.6) is 0 Å². The maximum absolute atomic E-state index is 13.0. The van der Waals surface area contributed by atoms with E-state index in [0.717, 1.165) is 83.5 Å². The van der Waals surface area contributed by atoms with Gasteiger partial charge in [-0.1, -0.05) is 221 Å². The second-order valence-electron chi connectivity index (χ2n) is 19.0. The van der Waals surface area contributed by atoms with E-state index in [0.29, 0.717) is 6.42 Å². The Morgan fingerprint density at radius 1 is 0.515 bits per heavy atom. The number of hydrogen-bond acceptors (Lipinski definition) is 8. The molecule has 9 heteroatoms. The number of rotatable bonds is 46. The summed E-state index contributed by atoms with van der Waals surface area (Å²) in [4.78, 5) is 13.0. The third-order valence-electron chi connectivity index (χ3n) is 12.7. The van der Waals surface area contributed by atoms with E-state index in [1.165, 1.54) is 122 Å². The molecular formula is C59H103NO8. The van der Waals surface area contributed by atoms with Crippen molar-refractivity contribution in [2.45, 2.75) is 269 Å². The summed E-state index contributed by atoms with van der Waals surface area (Å²) in [5, 5.41) is 54.4. The summed E-state index contributed by atoms with van der Waals surface area (Å²) in [5.74, 6) is -0.198. The molecule has 1 fully saturated rings. The summed E-state index contributed by atoms with van der Waals surface area (Å²) in [7, 11) is 0. The fraction of sp³-hybridized carbons (Fsp3) is 0.746. The molecule has 1 aliphatic rings. The predicted octanol–water partition coefficient (Wildman–Crippen LogP) is 13.5. The summed E-state index contributed by atoms with van der Waals surface area (Å²) < 4.78 is 11.2. The number of ether oxygens (including phenoxy) is 2. The number of aliphatic hydroxyl groups is 5. The molecule has 9 nitrogen and oxygen atoms in total. The maximum atomic E-state index is 13.0. The number of aliphatic hydroxyl groups excluding tert-OH is 5. The van der Waals surface area contributed by atoms with Crippen LogP contribution in [0.25, 0.3) is 0 Å². The van der Waals surface area contributed by atoms with Gasteiger partial charge in [0, 0.05) is 6.42 Å². The molecule has 7 unspecified atom stereocenters. The van der Waals surface area contributed by atoms with Gasteiger partial charge in [-0.05, 0) is 83.5 Å². The van der Waals surface area contributed by atoms with Crippen molar-refractivity contribution in [2.75, 3.05) is 13.2 Å². The molecule has 0 aromatic heterocycles. The number of nitrogens with one attached hydrogen (secondary N) is 1. The van der Waals surface area contributed by atoms with Gasteiger partial charge in [0.25, 0.3) is 0 Å². The average Bonchev–Trinajstić information content (AvgIpc) is 3.34. The van der Waals surface area contributed by atoms with Crippen molar-refractivity contribution in [3.8, 4) is 0 Å². The van der Waals surface area contributed by atoms with E-state index in [1.807, 2.05) is 6.08 Å². The number of carbonyl (C=O) groups is 1. The minimum Gasteiger partial charge on any atom is -0.394 e. The van der Waals surface area contributed by atoms with Crippen molar-refractivity contribution in [1.29, 1.82) is 0 Å². The van der Waals surface area contributed by atoms with Crippen LogP contribution in [0.1, 0.15) is 226 Å². The summed E-state index contributed by atoms with van der Waals surface area (Å²) in [5.41, 5.74) is 0. The smallest absolute Gasteiger partial charge is 0.220 e. The monoisotopic (exact) mass is 954 g/mol. The van der Waals surface area contributed by atoms with Gasteiger partial charge in [0.1, 0.15) is 24.4 Å². The van der Waals surface area contributed by atoms with Crippen LogP contribution in [0.3, 0.4) is 0 Å². The average molecular weight is 954 g/mol. The van der Waals surface area contributed by atoms with Crippen molar-refractivity contribution in [3.63, 3.8) is 0 Å². The first-order valence-electron chi connectivity index (χ1n) is 27.8. The van der Waals surface area contributed by atoms with Gasteiger partial charge in [-0.2, -0.15) is 0 Å². The third-order valence-corrected chi connectivity index (χ3v) is 12.7. The highest BCUT2D eigenvalue weighted by atomic mass is 16.7. The van der Waals surface area contributed by atoms with Crippen LogP contribution in [0.2, 0.25) is 0 Å². The van der Waals surface area contributed by atoms with Gasteiger partial charge in [-0.3, -0.25) is 4.79 Å². The normalized spacial score (nSPS) is 20.2.